The van der Waals surface area contributed by atoms with Crippen LogP contribution in [0.25, 0.3) is 6.08 Å². The van der Waals surface area contributed by atoms with Crippen LogP contribution in [0.4, 0.5) is 0 Å². The van der Waals surface area contributed by atoms with Crippen molar-refractivity contribution >= 4 is 37.6 Å². The van der Waals surface area contributed by atoms with Crippen LogP contribution >= 0.6 is 15.9 Å². The van der Waals surface area contributed by atoms with Gasteiger partial charge in [0.1, 0.15) is 0 Å². The van der Waals surface area contributed by atoms with Gasteiger partial charge in [-0.3, -0.25) is 4.79 Å². The van der Waals surface area contributed by atoms with Crippen molar-refractivity contribution in [2.45, 2.75) is 11.8 Å². The van der Waals surface area contributed by atoms with Crippen LogP contribution in [0.3, 0.4) is 0 Å². The molecule has 0 aliphatic carbocycles. The van der Waals surface area contributed by atoms with Crippen molar-refractivity contribution in [2.75, 3.05) is 19.5 Å². The van der Waals surface area contributed by atoms with Crippen LogP contribution < -0.4 is 9.47 Å². The first kappa shape index (κ1) is 18.7. The number of sulfone groups is 1. The Morgan fingerprint density at radius 2 is 1.96 bits per heavy atom. The molecule has 0 amide bonds. The maximum absolute atomic E-state index is 12.7. The van der Waals surface area contributed by atoms with Crippen molar-refractivity contribution in [2.24, 2.45) is 0 Å². The number of rotatable bonds is 4. The Morgan fingerprint density at radius 3 is 2.65 bits per heavy atom. The van der Waals surface area contributed by atoms with Gasteiger partial charge < -0.3 is 9.47 Å². The Bertz CT molecular complexity index is 1010. The van der Waals surface area contributed by atoms with Gasteiger partial charge in [-0.05, 0) is 58.8 Å². The zero-order valence-corrected chi connectivity index (χ0v) is 16.7. The highest BCUT2D eigenvalue weighted by Crippen LogP contribution is 2.38. The molecular formula is C19H17BrO5S. The predicted molar refractivity (Wildman–Crippen MR) is 103 cm³/mol. The SMILES string of the molecule is CCOc1c(Br)cc(/C=C2/CS(=O)(=O)c3ccccc3C2=O)cc1OC. The summed E-state index contributed by atoms with van der Waals surface area (Å²) in [4.78, 5) is 12.8. The van der Waals surface area contributed by atoms with Gasteiger partial charge in [0.05, 0.1) is 28.8 Å². The van der Waals surface area contributed by atoms with Gasteiger partial charge in [0.25, 0.3) is 0 Å². The predicted octanol–water partition coefficient (Wildman–Crippen LogP) is 3.91. The van der Waals surface area contributed by atoms with Crippen molar-refractivity contribution in [1.82, 2.24) is 0 Å². The van der Waals surface area contributed by atoms with Crippen LogP contribution in [-0.2, 0) is 9.84 Å². The summed E-state index contributed by atoms with van der Waals surface area (Å²) in [6.07, 6.45) is 1.58. The molecule has 1 aliphatic rings. The average Bonchev–Trinajstić information content (AvgIpc) is 2.61. The number of benzene rings is 2. The molecule has 1 heterocycles. The van der Waals surface area contributed by atoms with Crippen LogP contribution in [0.5, 0.6) is 11.5 Å². The Hall–Kier alpha value is -2.12. The quantitative estimate of drug-likeness (QED) is 0.679. The summed E-state index contributed by atoms with van der Waals surface area (Å²) in [5, 5.41) is 0. The molecule has 3 rings (SSSR count). The third kappa shape index (κ3) is 3.41. The highest BCUT2D eigenvalue weighted by Gasteiger charge is 2.32. The van der Waals surface area contributed by atoms with E-state index >= 15 is 0 Å². The highest BCUT2D eigenvalue weighted by molar-refractivity contribution is 9.10. The Balaban J connectivity index is 2.09. The molecule has 5 nitrogen and oxygen atoms in total. The van der Waals surface area contributed by atoms with Crippen molar-refractivity contribution in [3.8, 4) is 11.5 Å². The summed E-state index contributed by atoms with van der Waals surface area (Å²) < 4.78 is 36.6. The first-order valence-electron chi connectivity index (χ1n) is 7.94. The summed E-state index contributed by atoms with van der Waals surface area (Å²) in [7, 11) is -2.02. The van der Waals surface area contributed by atoms with Gasteiger partial charge in [-0.1, -0.05) is 12.1 Å². The zero-order chi connectivity index (χ0) is 18.9. The molecule has 1 aliphatic heterocycles. The van der Waals surface area contributed by atoms with Gasteiger partial charge in [-0.2, -0.15) is 0 Å². The van der Waals surface area contributed by atoms with Gasteiger partial charge in [-0.25, -0.2) is 8.42 Å². The number of ether oxygens (including phenoxy) is 2. The van der Waals surface area contributed by atoms with E-state index in [1.165, 1.54) is 19.2 Å². The number of carbonyl (C=O) groups excluding carboxylic acids is 1. The normalized spacial score (nSPS) is 17.0. The zero-order valence-electron chi connectivity index (χ0n) is 14.3. The monoisotopic (exact) mass is 436 g/mol. The fourth-order valence-electron chi connectivity index (χ4n) is 2.86. The number of methoxy groups -OCH3 is 1. The molecule has 0 radical (unpaired) electrons. The van der Waals surface area contributed by atoms with Crippen molar-refractivity contribution < 1.29 is 22.7 Å². The second-order valence-electron chi connectivity index (χ2n) is 5.72. The number of hydrogen-bond donors (Lipinski definition) is 0. The maximum atomic E-state index is 12.7. The van der Waals surface area contributed by atoms with Crippen molar-refractivity contribution in [3.05, 3.63) is 57.6 Å². The molecule has 26 heavy (non-hydrogen) atoms. The molecule has 0 unspecified atom stereocenters. The van der Waals surface area contributed by atoms with E-state index in [-0.39, 0.29) is 27.6 Å². The molecule has 2 aromatic rings. The minimum absolute atomic E-state index is 0.0904. The molecule has 0 N–H and O–H groups in total. The van der Waals surface area contributed by atoms with Gasteiger partial charge in [-0.15, -0.1) is 0 Å². The van der Waals surface area contributed by atoms with E-state index in [0.29, 0.717) is 28.1 Å². The minimum atomic E-state index is -3.54. The van der Waals surface area contributed by atoms with E-state index in [1.54, 1.807) is 30.3 Å². The largest absolute Gasteiger partial charge is 0.493 e. The van der Waals surface area contributed by atoms with Crippen LogP contribution in [0.15, 0.2) is 51.3 Å². The Morgan fingerprint density at radius 1 is 1.23 bits per heavy atom. The molecule has 0 spiro atoms. The van der Waals surface area contributed by atoms with Gasteiger partial charge >= 0.3 is 0 Å². The lowest BCUT2D eigenvalue weighted by molar-refractivity contribution is 0.103. The number of Topliss-reactive ketones (excluding diaryl/α,β-unsaturated/α-hetero) is 1. The second kappa shape index (κ2) is 7.25. The lowest BCUT2D eigenvalue weighted by atomic mass is 10.0. The average molecular weight is 437 g/mol. The summed E-state index contributed by atoms with van der Waals surface area (Å²) in [6.45, 7) is 2.34. The second-order valence-corrected chi connectivity index (χ2v) is 8.53. The van der Waals surface area contributed by atoms with Crippen LogP contribution in [0.1, 0.15) is 22.8 Å². The topological polar surface area (TPSA) is 69.7 Å². The van der Waals surface area contributed by atoms with E-state index in [1.807, 2.05) is 6.92 Å². The molecule has 136 valence electrons. The smallest absolute Gasteiger partial charge is 0.191 e. The van der Waals surface area contributed by atoms with E-state index in [0.717, 1.165) is 0 Å². The molecule has 0 saturated heterocycles. The van der Waals surface area contributed by atoms with E-state index < -0.39 is 9.84 Å². The number of ketones is 1. The van der Waals surface area contributed by atoms with Crippen LogP contribution in [0, 0.1) is 0 Å². The summed E-state index contributed by atoms with van der Waals surface area (Å²) in [5.41, 5.74) is 1.08. The number of carbonyl (C=O) groups is 1. The van der Waals surface area contributed by atoms with Crippen LogP contribution in [0.2, 0.25) is 0 Å². The van der Waals surface area contributed by atoms with Crippen molar-refractivity contribution in [1.29, 1.82) is 0 Å². The maximum Gasteiger partial charge on any atom is 0.191 e. The van der Waals surface area contributed by atoms with Crippen LogP contribution in [-0.4, -0.2) is 33.7 Å². The summed E-state index contributed by atoms with van der Waals surface area (Å²) in [6, 6.07) is 9.76. The lowest BCUT2D eigenvalue weighted by Crippen LogP contribution is -2.24. The molecule has 0 saturated carbocycles. The third-order valence-corrected chi connectivity index (χ3v) is 6.29. The molecule has 0 fully saturated rings. The first-order chi connectivity index (χ1) is 12.4. The Labute approximate surface area is 160 Å². The minimum Gasteiger partial charge on any atom is -0.493 e. The molecule has 7 heteroatoms. The molecular weight excluding hydrogens is 420 g/mol. The Kier molecular flexibility index (Phi) is 5.20. The van der Waals surface area contributed by atoms with Gasteiger partial charge in [0.2, 0.25) is 0 Å². The third-order valence-electron chi connectivity index (χ3n) is 3.99. The summed E-state index contributed by atoms with van der Waals surface area (Å²) in [5.74, 6) is 0.458. The standard InChI is InChI=1S/C19H17BrO5S/c1-3-25-19-15(20)9-12(10-16(19)24-2)8-13-11-26(22,23)17-7-5-4-6-14(17)18(13)21/h4-10H,3,11H2,1-2H3/b13-8-. The highest BCUT2D eigenvalue weighted by atomic mass is 79.9. The number of fused-ring (bicyclic) bond motifs is 1. The molecule has 0 bridgehead atoms. The van der Waals surface area contributed by atoms with E-state index in [9.17, 15) is 13.2 Å². The molecule has 0 aromatic heterocycles. The molecule has 2 aromatic carbocycles. The fraction of sp³-hybridized carbons (Fsp3) is 0.211. The van der Waals surface area contributed by atoms with Gasteiger partial charge in [0, 0.05) is 11.1 Å². The lowest BCUT2D eigenvalue weighted by Gasteiger charge is -2.18. The first-order valence-corrected chi connectivity index (χ1v) is 10.4. The van der Waals surface area contributed by atoms with E-state index in [4.69, 9.17) is 9.47 Å². The van der Waals surface area contributed by atoms with E-state index in [2.05, 4.69) is 15.9 Å². The number of hydrogen-bond acceptors (Lipinski definition) is 5. The fourth-order valence-corrected chi connectivity index (χ4v) is 5.00. The molecule has 0 atom stereocenters. The van der Waals surface area contributed by atoms with Gasteiger partial charge in [0.15, 0.2) is 27.1 Å². The van der Waals surface area contributed by atoms with Crippen molar-refractivity contribution in [3.63, 3.8) is 0 Å². The summed E-state index contributed by atoms with van der Waals surface area (Å²) >= 11 is 3.43. The number of halogens is 1.